The zero-order valence-corrected chi connectivity index (χ0v) is 21.9. The second kappa shape index (κ2) is 12.4. The van der Waals surface area contributed by atoms with Crippen molar-refractivity contribution in [2.45, 2.75) is 20.5 Å². The molecule has 1 heterocycles. The van der Waals surface area contributed by atoms with Crippen molar-refractivity contribution in [1.82, 2.24) is 4.90 Å². The van der Waals surface area contributed by atoms with Gasteiger partial charge >= 0.3 is 0 Å². The summed E-state index contributed by atoms with van der Waals surface area (Å²) in [5.74, 6) is 1.99. The molecule has 7 nitrogen and oxygen atoms in total. The topological polar surface area (TPSA) is 74.3 Å². The number of carbonyl (C=O) groups excluding carboxylic acids is 2. The molecule has 37 heavy (non-hydrogen) atoms. The molecule has 3 aromatic rings. The average molecular weight is 520 g/mol. The van der Waals surface area contributed by atoms with E-state index in [-0.39, 0.29) is 24.3 Å². The number of hydrogen-bond donors (Lipinski definition) is 0. The fourth-order valence-electron chi connectivity index (χ4n) is 3.79. The second-order valence-corrected chi connectivity index (χ2v) is 9.24. The number of ether oxygens (including phenoxy) is 4. The van der Waals surface area contributed by atoms with E-state index >= 15 is 0 Å². The summed E-state index contributed by atoms with van der Waals surface area (Å²) >= 11 is 0.909. The molecule has 1 saturated heterocycles. The summed E-state index contributed by atoms with van der Waals surface area (Å²) in [6.07, 6.45) is 1.69. The van der Waals surface area contributed by atoms with Crippen molar-refractivity contribution in [3.8, 4) is 23.0 Å². The molecule has 192 valence electrons. The van der Waals surface area contributed by atoms with Gasteiger partial charge in [-0.25, -0.2) is 0 Å². The van der Waals surface area contributed by atoms with E-state index in [0.29, 0.717) is 41.1 Å². The van der Waals surface area contributed by atoms with Crippen LogP contribution in [0, 0.1) is 6.92 Å². The van der Waals surface area contributed by atoms with E-state index in [2.05, 4.69) is 6.07 Å². The Hall–Kier alpha value is -3.91. The number of imide groups is 1. The summed E-state index contributed by atoms with van der Waals surface area (Å²) in [7, 11) is 1.56. The molecule has 0 radical (unpaired) electrons. The summed E-state index contributed by atoms with van der Waals surface area (Å²) < 4.78 is 22.8. The first-order valence-electron chi connectivity index (χ1n) is 11.9. The minimum Gasteiger partial charge on any atom is -0.493 e. The van der Waals surface area contributed by atoms with Crippen molar-refractivity contribution >= 4 is 29.0 Å². The van der Waals surface area contributed by atoms with E-state index < -0.39 is 0 Å². The van der Waals surface area contributed by atoms with Crippen LogP contribution in [0.25, 0.3) is 6.08 Å². The van der Waals surface area contributed by atoms with Crippen molar-refractivity contribution < 1.29 is 28.5 Å². The van der Waals surface area contributed by atoms with E-state index in [1.807, 2.05) is 62.4 Å². The summed E-state index contributed by atoms with van der Waals surface area (Å²) in [5.41, 5.74) is 2.97. The van der Waals surface area contributed by atoms with Gasteiger partial charge in [0.25, 0.3) is 11.1 Å². The second-order valence-electron chi connectivity index (χ2n) is 8.25. The summed E-state index contributed by atoms with van der Waals surface area (Å²) in [5, 5.41) is -0.331. The van der Waals surface area contributed by atoms with Crippen LogP contribution in [0.5, 0.6) is 23.0 Å². The number of nitrogens with zero attached hydrogens (tertiary/aromatic N) is 1. The molecule has 0 saturated carbocycles. The molecule has 0 bridgehead atoms. The SMILES string of the molecule is CCOc1cc(/C=C2\SC(=O)N(CCOc3ccccc3OC)C2=O)ccc1OCc1cccc(C)c1. The van der Waals surface area contributed by atoms with Crippen LogP contribution >= 0.6 is 11.8 Å². The Morgan fingerprint density at radius 2 is 1.65 bits per heavy atom. The number of aryl methyl sites for hydroxylation is 1. The number of carbonyl (C=O) groups is 2. The number of benzene rings is 3. The average Bonchev–Trinajstić information content (AvgIpc) is 3.16. The van der Waals surface area contributed by atoms with Gasteiger partial charge in [0.05, 0.1) is 25.2 Å². The number of amides is 2. The number of rotatable bonds is 11. The molecule has 1 aliphatic heterocycles. The van der Waals surface area contributed by atoms with Crippen LogP contribution in [0.3, 0.4) is 0 Å². The molecule has 8 heteroatoms. The quantitative estimate of drug-likeness (QED) is 0.284. The van der Waals surface area contributed by atoms with Crippen LogP contribution in [0.1, 0.15) is 23.6 Å². The number of hydrogen-bond acceptors (Lipinski definition) is 7. The van der Waals surface area contributed by atoms with Crippen LogP contribution in [-0.2, 0) is 11.4 Å². The number of thioether (sulfide) groups is 1. The van der Waals surface area contributed by atoms with Crippen LogP contribution in [0.2, 0.25) is 0 Å². The van der Waals surface area contributed by atoms with Crippen LogP contribution in [0.4, 0.5) is 4.79 Å². The van der Waals surface area contributed by atoms with Gasteiger partial charge in [-0.3, -0.25) is 14.5 Å². The van der Waals surface area contributed by atoms with Crippen LogP contribution < -0.4 is 18.9 Å². The predicted molar refractivity (Wildman–Crippen MR) is 144 cm³/mol. The van der Waals surface area contributed by atoms with Crippen molar-refractivity contribution in [1.29, 1.82) is 0 Å². The van der Waals surface area contributed by atoms with Gasteiger partial charge in [0, 0.05) is 0 Å². The third-order valence-corrected chi connectivity index (χ3v) is 6.46. The molecule has 0 unspecified atom stereocenters. The molecule has 0 aliphatic carbocycles. The predicted octanol–water partition coefficient (Wildman–Crippen LogP) is 6.10. The maximum absolute atomic E-state index is 12.9. The fraction of sp³-hybridized carbons (Fsp3) is 0.241. The maximum atomic E-state index is 12.9. The monoisotopic (exact) mass is 519 g/mol. The molecule has 0 N–H and O–H groups in total. The Bertz CT molecular complexity index is 1310. The first-order chi connectivity index (χ1) is 18.0. The highest BCUT2D eigenvalue weighted by Crippen LogP contribution is 2.35. The standard InChI is InChI=1S/C29H29NO6S/c1-4-34-26-17-21(12-13-25(26)36-19-22-9-7-8-20(2)16-22)18-27-28(31)30(29(32)37-27)14-15-35-24-11-6-5-10-23(24)33-3/h5-13,16-18H,4,14-15,19H2,1-3H3/b27-18-. The lowest BCUT2D eigenvalue weighted by Crippen LogP contribution is -2.32. The Labute approximate surface area is 221 Å². The molecular formula is C29H29NO6S. The van der Waals surface area contributed by atoms with Crippen molar-refractivity contribution in [3.63, 3.8) is 0 Å². The largest absolute Gasteiger partial charge is 0.493 e. The van der Waals surface area contributed by atoms with Crippen LogP contribution in [-0.4, -0.2) is 42.9 Å². The minimum absolute atomic E-state index is 0.135. The van der Waals surface area contributed by atoms with E-state index in [1.165, 1.54) is 10.5 Å². The molecule has 3 aromatic carbocycles. The molecule has 1 aliphatic rings. The van der Waals surface area contributed by atoms with Gasteiger partial charge in [-0.2, -0.15) is 0 Å². The molecule has 0 atom stereocenters. The Kier molecular flexibility index (Phi) is 8.74. The van der Waals surface area contributed by atoms with E-state index in [1.54, 1.807) is 25.3 Å². The van der Waals surface area contributed by atoms with Crippen LogP contribution in [0.15, 0.2) is 71.6 Å². The lowest BCUT2D eigenvalue weighted by atomic mass is 10.1. The fourth-order valence-corrected chi connectivity index (χ4v) is 4.66. The van der Waals surface area contributed by atoms with E-state index in [4.69, 9.17) is 18.9 Å². The number of methoxy groups -OCH3 is 1. The van der Waals surface area contributed by atoms with Gasteiger partial charge in [-0.15, -0.1) is 0 Å². The van der Waals surface area contributed by atoms with E-state index in [0.717, 1.165) is 22.9 Å². The van der Waals surface area contributed by atoms with Gasteiger partial charge in [0.2, 0.25) is 0 Å². The highest BCUT2D eigenvalue weighted by molar-refractivity contribution is 8.18. The summed E-state index contributed by atoms with van der Waals surface area (Å²) in [6, 6.07) is 20.8. The van der Waals surface area contributed by atoms with Crippen molar-refractivity contribution in [2.75, 3.05) is 26.9 Å². The lowest BCUT2D eigenvalue weighted by molar-refractivity contribution is -0.123. The summed E-state index contributed by atoms with van der Waals surface area (Å²) in [4.78, 5) is 27.0. The first-order valence-corrected chi connectivity index (χ1v) is 12.8. The normalized spacial score (nSPS) is 14.2. The van der Waals surface area contributed by atoms with Crippen molar-refractivity contribution in [2.24, 2.45) is 0 Å². The number of para-hydroxylation sites is 2. The minimum atomic E-state index is -0.351. The third kappa shape index (κ3) is 6.65. The van der Waals surface area contributed by atoms with E-state index in [9.17, 15) is 9.59 Å². The molecular weight excluding hydrogens is 490 g/mol. The third-order valence-electron chi connectivity index (χ3n) is 5.56. The van der Waals surface area contributed by atoms with Crippen molar-refractivity contribution in [3.05, 3.63) is 88.3 Å². The molecule has 2 amide bonds. The molecule has 0 aromatic heterocycles. The zero-order valence-electron chi connectivity index (χ0n) is 21.1. The van der Waals surface area contributed by atoms with Gasteiger partial charge in [0.15, 0.2) is 23.0 Å². The summed E-state index contributed by atoms with van der Waals surface area (Å²) in [6.45, 7) is 5.11. The first kappa shape index (κ1) is 26.2. The molecule has 0 spiro atoms. The maximum Gasteiger partial charge on any atom is 0.293 e. The molecule has 1 fully saturated rings. The Morgan fingerprint density at radius 3 is 2.41 bits per heavy atom. The highest BCUT2D eigenvalue weighted by Gasteiger charge is 2.34. The zero-order chi connectivity index (χ0) is 26.2. The Balaban J connectivity index is 1.42. The molecule has 4 rings (SSSR count). The highest BCUT2D eigenvalue weighted by atomic mass is 32.2. The Morgan fingerprint density at radius 1 is 0.865 bits per heavy atom. The smallest absolute Gasteiger partial charge is 0.293 e. The van der Waals surface area contributed by atoms with Gasteiger partial charge in [0.1, 0.15) is 13.2 Å². The van der Waals surface area contributed by atoms with Gasteiger partial charge in [-0.1, -0.05) is 48.0 Å². The van der Waals surface area contributed by atoms with Gasteiger partial charge in [-0.05, 0) is 67.1 Å². The van der Waals surface area contributed by atoms with Gasteiger partial charge < -0.3 is 18.9 Å². The lowest BCUT2D eigenvalue weighted by Gasteiger charge is -2.14.